The van der Waals surface area contributed by atoms with E-state index in [0.29, 0.717) is 18.7 Å². The predicted octanol–water partition coefficient (Wildman–Crippen LogP) is 0.349. The van der Waals surface area contributed by atoms with Crippen molar-refractivity contribution in [2.45, 2.75) is 39.5 Å². The van der Waals surface area contributed by atoms with Crippen molar-refractivity contribution >= 4 is 11.9 Å². The molecule has 0 radical (unpaired) electrons. The third-order valence-corrected chi connectivity index (χ3v) is 2.48. The number of rotatable bonds is 3. The van der Waals surface area contributed by atoms with Gasteiger partial charge in [0.2, 0.25) is 0 Å². The first-order valence-electron chi connectivity index (χ1n) is 5.30. The van der Waals surface area contributed by atoms with Gasteiger partial charge in [-0.3, -0.25) is 9.59 Å². The largest absolute Gasteiger partial charge is 0.459 e. The zero-order valence-electron chi connectivity index (χ0n) is 9.67. The van der Waals surface area contributed by atoms with Gasteiger partial charge in [0.05, 0.1) is 0 Å². The average molecular weight is 239 g/mol. The maximum absolute atomic E-state index is 11.0. The molecule has 7 heteroatoms. The van der Waals surface area contributed by atoms with E-state index in [2.05, 4.69) is 10.3 Å². The molecule has 1 aromatic rings. The van der Waals surface area contributed by atoms with Crippen LogP contribution in [0.1, 0.15) is 37.8 Å². The van der Waals surface area contributed by atoms with E-state index in [9.17, 15) is 9.59 Å². The molecule has 0 aromatic carbocycles. The minimum atomic E-state index is -0.381. The van der Waals surface area contributed by atoms with Gasteiger partial charge in [0, 0.05) is 26.8 Å². The summed E-state index contributed by atoms with van der Waals surface area (Å²) in [5, 5.41) is 7.83. The first-order valence-corrected chi connectivity index (χ1v) is 5.30. The van der Waals surface area contributed by atoms with Crippen molar-refractivity contribution in [3.8, 4) is 0 Å². The Balaban J connectivity index is 2.15. The van der Waals surface area contributed by atoms with Gasteiger partial charge in [-0.1, -0.05) is 5.21 Å². The maximum Gasteiger partial charge on any atom is 0.303 e. The Labute approximate surface area is 97.7 Å². The van der Waals surface area contributed by atoms with Crippen molar-refractivity contribution in [1.29, 1.82) is 0 Å². The second-order valence-corrected chi connectivity index (χ2v) is 3.81. The van der Waals surface area contributed by atoms with E-state index in [0.717, 1.165) is 5.69 Å². The first-order chi connectivity index (χ1) is 8.08. The van der Waals surface area contributed by atoms with Gasteiger partial charge >= 0.3 is 11.9 Å². The minimum Gasteiger partial charge on any atom is -0.459 e. The van der Waals surface area contributed by atoms with Gasteiger partial charge in [-0.05, 0) is 0 Å². The van der Waals surface area contributed by atoms with Crippen molar-refractivity contribution in [2.75, 3.05) is 0 Å². The van der Waals surface area contributed by atoms with Gasteiger partial charge in [-0.2, -0.15) is 0 Å². The van der Waals surface area contributed by atoms with Gasteiger partial charge in [-0.25, -0.2) is 4.68 Å². The van der Waals surface area contributed by atoms with E-state index < -0.39 is 0 Å². The number of esters is 2. The number of aromatic nitrogens is 3. The molecule has 1 aromatic heterocycles. The fraction of sp³-hybridized carbons (Fsp3) is 0.600. The monoisotopic (exact) mass is 239 g/mol. The molecule has 17 heavy (non-hydrogen) atoms. The van der Waals surface area contributed by atoms with E-state index in [1.54, 1.807) is 4.68 Å². The lowest BCUT2D eigenvalue weighted by molar-refractivity contribution is -0.147. The lowest BCUT2D eigenvalue weighted by atomic mass is 10.2. The first kappa shape index (κ1) is 11.6. The zero-order valence-corrected chi connectivity index (χ0v) is 9.67. The molecular formula is C10H13N3O4. The summed E-state index contributed by atoms with van der Waals surface area (Å²) in [7, 11) is 0. The second-order valence-electron chi connectivity index (χ2n) is 3.81. The highest BCUT2D eigenvalue weighted by Gasteiger charge is 2.30. The molecule has 1 aliphatic heterocycles. The third kappa shape index (κ3) is 2.43. The van der Waals surface area contributed by atoms with Gasteiger partial charge < -0.3 is 9.47 Å². The van der Waals surface area contributed by atoms with E-state index in [4.69, 9.17) is 9.47 Å². The highest BCUT2D eigenvalue weighted by atomic mass is 16.5. The standard InChI is InChI=1S/C10H13N3O4/c1-6(14)16-5-8-10-9(17-7(2)15)3-4-13(10)12-11-8/h9H,3-5H2,1-2H3. The average Bonchev–Trinajstić information content (AvgIpc) is 2.78. The summed E-state index contributed by atoms with van der Waals surface area (Å²) < 4.78 is 11.7. The van der Waals surface area contributed by atoms with Crippen molar-refractivity contribution in [1.82, 2.24) is 15.0 Å². The SMILES string of the molecule is CC(=O)OCc1nnn2c1C(OC(C)=O)CC2. The molecule has 0 fully saturated rings. The number of aryl methyl sites for hydroxylation is 1. The van der Waals surface area contributed by atoms with Crippen LogP contribution < -0.4 is 0 Å². The quantitative estimate of drug-likeness (QED) is 0.708. The van der Waals surface area contributed by atoms with Crippen LogP contribution in [0.25, 0.3) is 0 Å². The topological polar surface area (TPSA) is 83.3 Å². The Morgan fingerprint density at radius 3 is 2.82 bits per heavy atom. The van der Waals surface area contributed by atoms with Gasteiger partial charge in [-0.15, -0.1) is 5.10 Å². The number of hydrogen-bond acceptors (Lipinski definition) is 6. The molecule has 1 aliphatic rings. The molecule has 2 heterocycles. The summed E-state index contributed by atoms with van der Waals surface area (Å²) in [4.78, 5) is 21.7. The highest BCUT2D eigenvalue weighted by Crippen LogP contribution is 2.30. The maximum atomic E-state index is 11.0. The molecule has 1 unspecified atom stereocenters. The molecule has 0 saturated carbocycles. The molecule has 7 nitrogen and oxygen atoms in total. The number of nitrogens with zero attached hydrogens (tertiary/aromatic N) is 3. The van der Waals surface area contributed by atoms with Crippen LogP contribution in [0.5, 0.6) is 0 Å². The fourth-order valence-electron chi connectivity index (χ4n) is 1.84. The smallest absolute Gasteiger partial charge is 0.303 e. The Bertz CT molecular complexity index is 454. The minimum absolute atomic E-state index is 0.0580. The molecule has 0 N–H and O–H groups in total. The zero-order chi connectivity index (χ0) is 12.4. The highest BCUT2D eigenvalue weighted by molar-refractivity contribution is 5.66. The van der Waals surface area contributed by atoms with E-state index >= 15 is 0 Å². The van der Waals surface area contributed by atoms with Gasteiger partial charge in [0.1, 0.15) is 24.1 Å². The van der Waals surface area contributed by atoms with Crippen molar-refractivity contribution < 1.29 is 19.1 Å². The van der Waals surface area contributed by atoms with Crippen LogP contribution in [0.4, 0.5) is 0 Å². The van der Waals surface area contributed by atoms with Crippen LogP contribution >= 0.6 is 0 Å². The summed E-state index contributed by atoms with van der Waals surface area (Å²) in [6.45, 7) is 3.40. The van der Waals surface area contributed by atoms with Crippen LogP contribution in [0.2, 0.25) is 0 Å². The van der Waals surface area contributed by atoms with Crippen LogP contribution in [-0.2, 0) is 32.2 Å². The van der Waals surface area contributed by atoms with E-state index in [1.165, 1.54) is 13.8 Å². The number of fused-ring (bicyclic) bond motifs is 1. The van der Waals surface area contributed by atoms with Crippen molar-refractivity contribution in [2.24, 2.45) is 0 Å². The van der Waals surface area contributed by atoms with E-state index in [1.807, 2.05) is 0 Å². The predicted molar refractivity (Wildman–Crippen MR) is 54.6 cm³/mol. The summed E-state index contributed by atoms with van der Waals surface area (Å²) in [5.74, 6) is -0.725. The van der Waals surface area contributed by atoms with Gasteiger partial charge in [0.15, 0.2) is 0 Å². The Hall–Kier alpha value is -1.92. The lowest BCUT2D eigenvalue weighted by Crippen LogP contribution is -2.09. The molecule has 0 bridgehead atoms. The molecule has 92 valence electrons. The van der Waals surface area contributed by atoms with Crippen LogP contribution in [0, 0.1) is 0 Å². The van der Waals surface area contributed by atoms with Crippen molar-refractivity contribution in [3.05, 3.63) is 11.4 Å². The molecule has 0 aliphatic carbocycles. The Kier molecular flexibility index (Phi) is 3.08. The lowest BCUT2D eigenvalue weighted by Gasteiger charge is -2.10. The normalized spacial score (nSPS) is 17.6. The molecule has 1 atom stereocenters. The Morgan fingerprint density at radius 2 is 2.18 bits per heavy atom. The Morgan fingerprint density at radius 1 is 1.41 bits per heavy atom. The van der Waals surface area contributed by atoms with Crippen LogP contribution in [0.15, 0.2) is 0 Å². The summed E-state index contributed by atoms with van der Waals surface area (Å²) in [6.07, 6.45) is 0.338. The molecule has 2 rings (SSSR count). The number of carbonyl (C=O) groups is 2. The third-order valence-electron chi connectivity index (χ3n) is 2.48. The molecule has 0 saturated heterocycles. The second kappa shape index (κ2) is 4.52. The number of hydrogen-bond donors (Lipinski definition) is 0. The summed E-state index contributed by atoms with van der Waals surface area (Å²) >= 11 is 0. The number of carbonyl (C=O) groups excluding carboxylic acids is 2. The van der Waals surface area contributed by atoms with E-state index in [-0.39, 0.29) is 24.6 Å². The molecule has 0 amide bonds. The van der Waals surface area contributed by atoms with Gasteiger partial charge in [0.25, 0.3) is 0 Å². The van der Waals surface area contributed by atoms with Crippen LogP contribution in [-0.4, -0.2) is 26.9 Å². The summed E-state index contributed by atoms with van der Waals surface area (Å²) in [6, 6.07) is 0. The van der Waals surface area contributed by atoms with Crippen molar-refractivity contribution in [3.63, 3.8) is 0 Å². The molecule has 0 spiro atoms. The summed E-state index contributed by atoms with van der Waals surface area (Å²) in [5.41, 5.74) is 1.27. The fourth-order valence-corrected chi connectivity index (χ4v) is 1.84. The number of ether oxygens (including phenoxy) is 2. The van der Waals surface area contributed by atoms with Crippen LogP contribution in [0.3, 0.4) is 0 Å². The molecular weight excluding hydrogens is 226 g/mol.